The topological polar surface area (TPSA) is 86.3 Å². The molecule has 8 heteroatoms. The number of rotatable bonds is 7. The van der Waals surface area contributed by atoms with Crippen LogP contribution in [0.1, 0.15) is 45.4 Å². The Balaban J connectivity index is 1.42. The number of carbonyl (C=O) groups excluding carboxylic acids is 2. The Hall–Kier alpha value is -1.83. The molecule has 0 aromatic heterocycles. The molecule has 0 aromatic carbocycles. The van der Waals surface area contributed by atoms with Gasteiger partial charge in [0.15, 0.2) is 5.96 Å². The lowest BCUT2D eigenvalue weighted by Gasteiger charge is -2.34. The van der Waals surface area contributed by atoms with Crippen molar-refractivity contribution in [1.82, 2.24) is 20.4 Å². The second kappa shape index (κ2) is 9.92. The van der Waals surface area contributed by atoms with Gasteiger partial charge in [-0.1, -0.05) is 12.8 Å². The summed E-state index contributed by atoms with van der Waals surface area (Å²) in [6, 6.07) is -0.319. The van der Waals surface area contributed by atoms with Crippen LogP contribution >= 0.6 is 0 Å². The van der Waals surface area contributed by atoms with E-state index in [1.54, 1.807) is 0 Å². The van der Waals surface area contributed by atoms with E-state index in [1.807, 2.05) is 6.92 Å². The van der Waals surface area contributed by atoms with E-state index in [4.69, 9.17) is 4.74 Å². The van der Waals surface area contributed by atoms with E-state index in [0.717, 1.165) is 51.0 Å². The van der Waals surface area contributed by atoms with Gasteiger partial charge < -0.3 is 20.3 Å². The van der Waals surface area contributed by atoms with Gasteiger partial charge in [-0.05, 0) is 38.5 Å². The molecule has 0 spiro atoms. The summed E-state index contributed by atoms with van der Waals surface area (Å²) in [5.74, 6) is 1.45. The molecule has 2 heterocycles. The number of imide groups is 1. The Morgan fingerprint density at radius 1 is 1.22 bits per heavy atom. The molecular weight excluding hydrogens is 346 g/mol. The Bertz CT molecular complexity index is 523. The second-order valence-electron chi connectivity index (χ2n) is 7.61. The summed E-state index contributed by atoms with van der Waals surface area (Å²) in [4.78, 5) is 31.3. The molecule has 2 N–H and O–H groups in total. The van der Waals surface area contributed by atoms with Crippen molar-refractivity contribution in [1.29, 1.82) is 0 Å². The van der Waals surface area contributed by atoms with Crippen LogP contribution in [0.5, 0.6) is 0 Å². The van der Waals surface area contributed by atoms with Crippen LogP contribution in [0.15, 0.2) is 4.99 Å². The predicted octanol–water partition coefficient (Wildman–Crippen LogP) is 1.17. The molecule has 1 aliphatic carbocycles. The Morgan fingerprint density at radius 2 is 1.96 bits per heavy atom. The maximum Gasteiger partial charge on any atom is 0.324 e. The van der Waals surface area contributed by atoms with Gasteiger partial charge in [-0.2, -0.15) is 0 Å². The van der Waals surface area contributed by atoms with Crippen molar-refractivity contribution in [2.75, 3.05) is 45.9 Å². The van der Waals surface area contributed by atoms with Crippen molar-refractivity contribution >= 4 is 17.9 Å². The van der Waals surface area contributed by atoms with Crippen LogP contribution in [-0.2, 0) is 9.53 Å². The molecule has 1 saturated carbocycles. The third-order valence-electron chi connectivity index (χ3n) is 5.64. The number of nitrogens with one attached hydrogen (secondary N) is 2. The molecule has 152 valence electrons. The quantitative estimate of drug-likeness (QED) is 0.394. The molecule has 2 saturated heterocycles. The lowest BCUT2D eigenvalue weighted by molar-refractivity contribution is -0.124. The summed E-state index contributed by atoms with van der Waals surface area (Å²) in [5, 5.41) is 5.85. The summed E-state index contributed by atoms with van der Waals surface area (Å²) in [6.07, 6.45) is 7.77. The van der Waals surface area contributed by atoms with Gasteiger partial charge in [0.2, 0.25) is 5.91 Å². The van der Waals surface area contributed by atoms with Crippen LogP contribution in [0.3, 0.4) is 0 Å². The molecule has 0 atom stereocenters. The van der Waals surface area contributed by atoms with Crippen molar-refractivity contribution < 1.29 is 14.3 Å². The van der Waals surface area contributed by atoms with Gasteiger partial charge in [0.05, 0.1) is 25.7 Å². The van der Waals surface area contributed by atoms with E-state index in [0.29, 0.717) is 19.2 Å². The third kappa shape index (κ3) is 5.57. The molecule has 3 amide bonds. The van der Waals surface area contributed by atoms with Gasteiger partial charge in [0.25, 0.3) is 0 Å². The summed E-state index contributed by atoms with van der Waals surface area (Å²) in [6.45, 7) is 6.43. The van der Waals surface area contributed by atoms with Crippen molar-refractivity contribution in [3.63, 3.8) is 0 Å². The number of amides is 3. The standard InChI is InChI=1S/C19H33N5O3/c1-2-20-18(21-9-12-24-17(25)13-22-19(24)26)23-10-7-16(8-11-23)27-14-15-5-3-4-6-15/h15-16H,2-14H2,1H3,(H,20,21)(H,22,26). The number of hydrogen-bond donors (Lipinski definition) is 2. The number of urea groups is 1. The van der Waals surface area contributed by atoms with Gasteiger partial charge >= 0.3 is 6.03 Å². The SMILES string of the molecule is CCNC(=NCCN1C(=O)CNC1=O)N1CCC(OCC2CCCC2)CC1. The zero-order chi connectivity index (χ0) is 19.1. The van der Waals surface area contributed by atoms with Crippen LogP contribution in [0.2, 0.25) is 0 Å². The van der Waals surface area contributed by atoms with Crippen LogP contribution in [0.4, 0.5) is 4.79 Å². The van der Waals surface area contributed by atoms with Crippen LogP contribution in [0.25, 0.3) is 0 Å². The maximum absolute atomic E-state index is 11.6. The molecule has 27 heavy (non-hydrogen) atoms. The van der Waals surface area contributed by atoms with E-state index in [2.05, 4.69) is 20.5 Å². The Labute approximate surface area is 161 Å². The van der Waals surface area contributed by atoms with Crippen molar-refractivity contribution in [2.45, 2.75) is 51.6 Å². The number of aliphatic imine (C=N–C) groups is 1. The highest BCUT2D eigenvalue weighted by molar-refractivity contribution is 6.01. The third-order valence-corrected chi connectivity index (χ3v) is 5.64. The Morgan fingerprint density at radius 3 is 2.59 bits per heavy atom. The molecule has 0 bridgehead atoms. The molecular formula is C19H33N5O3. The Kier molecular flexibility index (Phi) is 7.32. The number of hydrogen-bond acceptors (Lipinski definition) is 4. The van der Waals surface area contributed by atoms with Gasteiger partial charge in [-0.3, -0.25) is 14.7 Å². The van der Waals surface area contributed by atoms with Crippen LogP contribution in [-0.4, -0.2) is 79.7 Å². The van der Waals surface area contributed by atoms with Gasteiger partial charge in [-0.25, -0.2) is 4.79 Å². The van der Waals surface area contributed by atoms with Gasteiger partial charge in [-0.15, -0.1) is 0 Å². The smallest absolute Gasteiger partial charge is 0.324 e. The fraction of sp³-hybridized carbons (Fsp3) is 0.842. The number of ether oxygens (including phenoxy) is 1. The first-order valence-corrected chi connectivity index (χ1v) is 10.4. The summed E-state index contributed by atoms with van der Waals surface area (Å²) in [5.41, 5.74) is 0. The fourth-order valence-electron chi connectivity index (χ4n) is 4.05. The van der Waals surface area contributed by atoms with Crippen LogP contribution in [0, 0.1) is 5.92 Å². The number of guanidine groups is 1. The molecule has 0 unspecified atom stereocenters. The highest BCUT2D eigenvalue weighted by Gasteiger charge is 2.28. The highest BCUT2D eigenvalue weighted by atomic mass is 16.5. The van der Waals surface area contributed by atoms with Gasteiger partial charge in [0.1, 0.15) is 0 Å². The molecule has 3 fully saturated rings. The van der Waals surface area contributed by atoms with Crippen LogP contribution < -0.4 is 10.6 Å². The molecule has 3 aliphatic rings. The first-order chi connectivity index (χ1) is 13.2. The molecule has 2 aliphatic heterocycles. The predicted molar refractivity (Wildman–Crippen MR) is 104 cm³/mol. The fourth-order valence-corrected chi connectivity index (χ4v) is 4.05. The van der Waals surface area contributed by atoms with E-state index in [-0.39, 0.29) is 18.5 Å². The molecule has 8 nitrogen and oxygen atoms in total. The minimum absolute atomic E-state index is 0.0942. The molecule has 0 radical (unpaired) electrons. The lowest BCUT2D eigenvalue weighted by atomic mass is 10.1. The summed E-state index contributed by atoms with van der Waals surface area (Å²) >= 11 is 0. The van der Waals surface area contributed by atoms with E-state index in [1.165, 1.54) is 30.6 Å². The molecule has 3 rings (SSSR count). The normalized spacial score (nSPS) is 22.6. The zero-order valence-corrected chi connectivity index (χ0v) is 16.4. The maximum atomic E-state index is 11.6. The van der Waals surface area contributed by atoms with Crippen molar-refractivity contribution in [3.05, 3.63) is 0 Å². The highest BCUT2D eigenvalue weighted by Crippen LogP contribution is 2.26. The van der Waals surface area contributed by atoms with Crippen molar-refractivity contribution in [3.8, 4) is 0 Å². The first kappa shape index (κ1) is 19.9. The number of nitrogens with zero attached hydrogens (tertiary/aromatic N) is 3. The first-order valence-electron chi connectivity index (χ1n) is 10.4. The number of likely N-dealkylation sites (tertiary alicyclic amines) is 1. The minimum atomic E-state index is -0.319. The average molecular weight is 380 g/mol. The minimum Gasteiger partial charge on any atom is -0.378 e. The largest absolute Gasteiger partial charge is 0.378 e. The molecule has 0 aromatic rings. The van der Waals surface area contributed by atoms with E-state index >= 15 is 0 Å². The van der Waals surface area contributed by atoms with Gasteiger partial charge in [0, 0.05) is 26.2 Å². The summed E-state index contributed by atoms with van der Waals surface area (Å²) < 4.78 is 6.15. The van der Waals surface area contributed by atoms with Crippen molar-refractivity contribution in [2.24, 2.45) is 10.9 Å². The average Bonchev–Trinajstić information content (AvgIpc) is 3.31. The second-order valence-corrected chi connectivity index (χ2v) is 7.61. The number of carbonyl (C=O) groups is 2. The van der Waals surface area contributed by atoms with E-state index in [9.17, 15) is 9.59 Å². The number of piperidine rings is 1. The summed E-state index contributed by atoms with van der Waals surface area (Å²) in [7, 11) is 0. The monoisotopic (exact) mass is 379 g/mol. The zero-order valence-electron chi connectivity index (χ0n) is 16.4. The van der Waals surface area contributed by atoms with E-state index < -0.39 is 0 Å². The lowest BCUT2D eigenvalue weighted by Crippen LogP contribution is -2.47.